The minimum absolute atomic E-state index is 0.159. The molecule has 0 saturated carbocycles. The highest BCUT2D eigenvalue weighted by atomic mass is 79.9. The van der Waals surface area contributed by atoms with E-state index < -0.39 is 16.4 Å². The first kappa shape index (κ1) is 10.6. The lowest BCUT2D eigenvalue weighted by Crippen LogP contribution is -1.95. The van der Waals surface area contributed by atoms with E-state index in [1.54, 1.807) is 0 Å². The number of alkyl halides is 1. The monoisotopic (exact) mass is 311 g/mol. The van der Waals surface area contributed by atoms with Crippen molar-refractivity contribution in [3.05, 3.63) is 38.1 Å². The number of benzene rings is 1. The molecule has 0 unspecified atom stereocenters. The molecule has 0 atom stereocenters. The number of nitro groups is 1. The van der Waals surface area contributed by atoms with Gasteiger partial charge in [-0.15, -0.1) is 0 Å². The van der Waals surface area contributed by atoms with E-state index in [2.05, 4.69) is 31.9 Å². The van der Waals surface area contributed by atoms with E-state index in [9.17, 15) is 14.5 Å². The molecule has 0 bridgehead atoms. The summed E-state index contributed by atoms with van der Waals surface area (Å²) in [5.41, 5.74) is 0.125. The Hall–Kier alpha value is -0.490. The molecule has 0 aliphatic rings. The van der Waals surface area contributed by atoms with E-state index in [0.29, 0.717) is 10.9 Å². The van der Waals surface area contributed by atoms with Crippen molar-refractivity contribution in [2.45, 2.75) is 5.33 Å². The van der Waals surface area contributed by atoms with Crippen LogP contribution in [0.25, 0.3) is 0 Å². The average Bonchev–Trinajstić information content (AvgIpc) is 2.02. The van der Waals surface area contributed by atoms with Gasteiger partial charge in [-0.2, -0.15) is 4.39 Å². The zero-order chi connectivity index (χ0) is 10.0. The summed E-state index contributed by atoms with van der Waals surface area (Å²) < 4.78 is 13.2. The fraction of sp³-hybridized carbons (Fsp3) is 0.143. The number of hydrogen-bond donors (Lipinski definition) is 0. The predicted molar refractivity (Wildman–Crippen MR) is 53.4 cm³/mol. The Kier molecular flexibility index (Phi) is 3.38. The zero-order valence-corrected chi connectivity index (χ0v) is 9.43. The molecule has 1 aromatic carbocycles. The van der Waals surface area contributed by atoms with Gasteiger partial charge in [-0.25, -0.2) is 0 Å². The molecule has 0 spiro atoms. The van der Waals surface area contributed by atoms with Crippen LogP contribution < -0.4 is 0 Å². The van der Waals surface area contributed by atoms with Crippen LogP contribution in [0.3, 0.4) is 0 Å². The molecule has 0 aliphatic heterocycles. The van der Waals surface area contributed by atoms with Gasteiger partial charge in [0, 0.05) is 5.33 Å². The van der Waals surface area contributed by atoms with Crippen LogP contribution in [0.4, 0.5) is 10.1 Å². The Morgan fingerprint density at radius 1 is 1.54 bits per heavy atom. The van der Waals surface area contributed by atoms with Crippen LogP contribution in [0.2, 0.25) is 0 Å². The van der Waals surface area contributed by atoms with E-state index >= 15 is 0 Å². The summed E-state index contributed by atoms with van der Waals surface area (Å²) in [5, 5.41) is 10.8. The predicted octanol–water partition coefficient (Wildman–Crippen LogP) is 3.39. The van der Waals surface area contributed by atoms with Gasteiger partial charge in [0.2, 0.25) is 5.82 Å². The second-order valence-electron chi connectivity index (χ2n) is 2.30. The summed E-state index contributed by atoms with van der Waals surface area (Å²) in [4.78, 5) is 9.61. The molecule has 0 fully saturated rings. The maximum Gasteiger partial charge on any atom is 0.318 e. The van der Waals surface area contributed by atoms with Crippen molar-refractivity contribution < 1.29 is 9.31 Å². The summed E-state index contributed by atoms with van der Waals surface area (Å²) in [6.45, 7) is 0. The number of nitrogens with zero attached hydrogens (tertiary/aromatic N) is 1. The van der Waals surface area contributed by atoms with E-state index in [1.165, 1.54) is 6.07 Å². The standard InChI is InChI=1S/C7H4Br2FNO2/c8-3-4-1-5(9)7(11(12)13)6(10)2-4/h1-2H,3H2. The van der Waals surface area contributed by atoms with Gasteiger partial charge in [-0.05, 0) is 33.6 Å². The van der Waals surface area contributed by atoms with Crippen molar-refractivity contribution in [2.75, 3.05) is 0 Å². The molecule has 0 aromatic heterocycles. The highest BCUT2D eigenvalue weighted by molar-refractivity contribution is 9.10. The summed E-state index contributed by atoms with van der Waals surface area (Å²) >= 11 is 6.07. The SMILES string of the molecule is O=[N+]([O-])c1c(F)cc(CBr)cc1Br. The molecule has 0 N–H and O–H groups in total. The van der Waals surface area contributed by atoms with Crippen molar-refractivity contribution in [1.82, 2.24) is 0 Å². The van der Waals surface area contributed by atoms with Crippen molar-refractivity contribution in [3.8, 4) is 0 Å². The third kappa shape index (κ3) is 2.25. The lowest BCUT2D eigenvalue weighted by Gasteiger charge is -1.99. The minimum atomic E-state index is -0.825. The van der Waals surface area contributed by atoms with E-state index in [1.807, 2.05) is 0 Å². The Bertz CT molecular complexity index is 333. The van der Waals surface area contributed by atoms with E-state index in [0.717, 1.165) is 6.07 Å². The topological polar surface area (TPSA) is 43.1 Å². The van der Waals surface area contributed by atoms with Gasteiger partial charge in [0.15, 0.2) is 0 Å². The molecule has 3 nitrogen and oxygen atoms in total. The van der Waals surface area contributed by atoms with Crippen molar-refractivity contribution >= 4 is 37.5 Å². The van der Waals surface area contributed by atoms with Gasteiger partial charge < -0.3 is 0 Å². The number of nitro benzene ring substituents is 1. The third-order valence-electron chi connectivity index (χ3n) is 1.41. The van der Waals surface area contributed by atoms with Crippen LogP contribution in [0.5, 0.6) is 0 Å². The number of rotatable bonds is 2. The fourth-order valence-electron chi connectivity index (χ4n) is 0.870. The largest absolute Gasteiger partial charge is 0.318 e. The van der Waals surface area contributed by atoms with Gasteiger partial charge in [0.1, 0.15) is 0 Å². The molecule has 0 saturated heterocycles. The minimum Gasteiger partial charge on any atom is -0.258 e. The third-order valence-corrected chi connectivity index (χ3v) is 2.67. The fourth-order valence-corrected chi connectivity index (χ4v) is 1.82. The lowest BCUT2D eigenvalue weighted by molar-refractivity contribution is -0.388. The average molecular weight is 313 g/mol. The first-order valence-electron chi connectivity index (χ1n) is 3.24. The van der Waals surface area contributed by atoms with Crippen LogP contribution in [0.1, 0.15) is 5.56 Å². The summed E-state index contributed by atoms with van der Waals surface area (Å²) in [6, 6.07) is 2.65. The quantitative estimate of drug-likeness (QED) is 0.477. The molecule has 6 heteroatoms. The lowest BCUT2D eigenvalue weighted by atomic mass is 10.2. The van der Waals surface area contributed by atoms with Gasteiger partial charge in [-0.1, -0.05) is 15.9 Å². The van der Waals surface area contributed by atoms with Crippen molar-refractivity contribution in [1.29, 1.82) is 0 Å². The molecule has 13 heavy (non-hydrogen) atoms. The molecule has 1 rings (SSSR count). The van der Waals surface area contributed by atoms with Gasteiger partial charge in [0.05, 0.1) is 9.40 Å². The van der Waals surface area contributed by atoms with Crippen molar-refractivity contribution in [3.63, 3.8) is 0 Å². The summed E-state index contributed by atoms with van der Waals surface area (Å²) in [7, 11) is 0. The Labute approximate surface area is 90.3 Å². The van der Waals surface area contributed by atoms with Crippen LogP contribution >= 0.6 is 31.9 Å². The molecule has 0 aliphatic carbocycles. The van der Waals surface area contributed by atoms with Crippen LogP contribution in [-0.2, 0) is 5.33 Å². The van der Waals surface area contributed by atoms with Crippen LogP contribution in [0.15, 0.2) is 16.6 Å². The Morgan fingerprint density at radius 3 is 2.54 bits per heavy atom. The molecule has 0 heterocycles. The normalized spacial score (nSPS) is 10.1. The maximum atomic E-state index is 13.1. The zero-order valence-electron chi connectivity index (χ0n) is 6.26. The van der Waals surface area contributed by atoms with Crippen LogP contribution in [-0.4, -0.2) is 4.92 Å². The summed E-state index contributed by atoms with van der Waals surface area (Å²) in [5.74, 6) is -0.825. The molecule has 0 amide bonds. The summed E-state index contributed by atoms with van der Waals surface area (Å²) in [6.07, 6.45) is 0. The molecular formula is C7H4Br2FNO2. The van der Waals surface area contributed by atoms with E-state index in [-0.39, 0.29) is 4.47 Å². The van der Waals surface area contributed by atoms with Crippen LogP contribution in [0, 0.1) is 15.9 Å². The highest BCUT2D eigenvalue weighted by Crippen LogP contribution is 2.29. The molecule has 1 aromatic rings. The maximum absolute atomic E-state index is 13.1. The van der Waals surface area contributed by atoms with Gasteiger partial charge >= 0.3 is 5.69 Å². The molecule has 70 valence electrons. The number of hydrogen-bond acceptors (Lipinski definition) is 2. The smallest absolute Gasteiger partial charge is 0.258 e. The van der Waals surface area contributed by atoms with E-state index in [4.69, 9.17) is 0 Å². The highest BCUT2D eigenvalue weighted by Gasteiger charge is 2.19. The van der Waals surface area contributed by atoms with Crippen molar-refractivity contribution in [2.24, 2.45) is 0 Å². The Balaban J connectivity index is 3.31. The van der Waals surface area contributed by atoms with Gasteiger partial charge in [0.25, 0.3) is 0 Å². The number of halogens is 3. The van der Waals surface area contributed by atoms with Gasteiger partial charge in [-0.3, -0.25) is 10.1 Å². The second-order valence-corrected chi connectivity index (χ2v) is 3.71. The first-order valence-corrected chi connectivity index (χ1v) is 5.16. The second kappa shape index (κ2) is 4.15. The first-order chi connectivity index (χ1) is 6.06. The molecular weight excluding hydrogens is 309 g/mol. The molecule has 0 radical (unpaired) electrons. The Morgan fingerprint density at radius 2 is 2.15 bits per heavy atom.